The third-order valence-corrected chi connectivity index (χ3v) is 10.6. The molecule has 0 aliphatic carbocycles. The first-order valence-electron chi connectivity index (χ1n) is 18.0. The summed E-state index contributed by atoms with van der Waals surface area (Å²) in [4.78, 5) is 0. The van der Waals surface area contributed by atoms with Gasteiger partial charge in [-0.15, -0.1) is 0 Å². The quantitative estimate of drug-likeness (QED) is 0.167. The molecule has 53 heavy (non-hydrogen) atoms. The molecule has 1 heterocycles. The lowest BCUT2D eigenvalue weighted by atomic mass is 9.85. The van der Waals surface area contributed by atoms with Crippen molar-refractivity contribution in [1.82, 2.24) is 4.57 Å². The van der Waals surface area contributed by atoms with Gasteiger partial charge in [0.15, 0.2) is 0 Å². The van der Waals surface area contributed by atoms with Crippen molar-refractivity contribution in [1.29, 1.82) is 5.26 Å². The summed E-state index contributed by atoms with van der Waals surface area (Å²) < 4.78 is 2.34. The number of para-hydroxylation sites is 2. The van der Waals surface area contributed by atoms with E-state index in [9.17, 15) is 5.26 Å². The van der Waals surface area contributed by atoms with Gasteiger partial charge in [-0.25, -0.2) is 0 Å². The fourth-order valence-electron chi connectivity index (χ4n) is 8.24. The molecule has 2 nitrogen and oxygen atoms in total. The van der Waals surface area contributed by atoms with Crippen molar-refractivity contribution in [2.24, 2.45) is 0 Å². The van der Waals surface area contributed by atoms with Crippen LogP contribution in [0.15, 0.2) is 194 Å². The van der Waals surface area contributed by atoms with E-state index in [0.717, 1.165) is 33.5 Å². The monoisotopic (exact) mass is 672 g/mol. The largest absolute Gasteiger partial charge is 0.309 e. The van der Waals surface area contributed by atoms with Crippen LogP contribution < -0.4 is 0 Å². The molecule has 0 aliphatic rings. The van der Waals surface area contributed by atoms with Gasteiger partial charge in [0, 0.05) is 16.5 Å². The zero-order valence-corrected chi connectivity index (χ0v) is 28.9. The number of hydrogen-bond donors (Lipinski definition) is 0. The van der Waals surface area contributed by atoms with Crippen LogP contribution in [-0.4, -0.2) is 4.57 Å². The maximum absolute atomic E-state index is 10.2. The van der Waals surface area contributed by atoms with E-state index >= 15 is 0 Å². The van der Waals surface area contributed by atoms with Crippen LogP contribution in [0.3, 0.4) is 0 Å². The zero-order chi connectivity index (χ0) is 35.3. The fourth-order valence-corrected chi connectivity index (χ4v) is 8.24. The van der Waals surface area contributed by atoms with E-state index in [2.05, 4.69) is 193 Å². The van der Waals surface area contributed by atoms with Gasteiger partial charge in [-0.2, -0.15) is 5.26 Å². The number of nitriles is 1. The van der Waals surface area contributed by atoms with Gasteiger partial charge in [0.1, 0.15) is 0 Å². The van der Waals surface area contributed by atoms with E-state index < -0.39 is 0 Å². The number of aromatic nitrogens is 1. The standard InChI is InChI=1S/C51H32N2/c52-33-34-29-39(31-40(30-34)38-15-12-16-41(32-38)53-48-23-10-8-17-42(48)43-18-9-11-24-49(43)53)35-25-27-37(28-26-35)51-46-21-6-4-19-44(46)50(36-13-2-1-3-14-36)45-20-5-7-22-47(45)51/h1-32H. The number of nitrogens with zero attached hydrogens (tertiary/aromatic N) is 2. The molecule has 0 saturated heterocycles. The van der Waals surface area contributed by atoms with Crippen molar-refractivity contribution < 1.29 is 0 Å². The predicted molar refractivity (Wildman–Crippen MR) is 222 cm³/mol. The Labute approximate surface area is 308 Å². The summed E-state index contributed by atoms with van der Waals surface area (Å²) in [6, 6.07) is 71.5. The van der Waals surface area contributed by atoms with Crippen LogP contribution in [0.4, 0.5) is 0 Å². The minimum Gasteiger partial charge on any atom is -0.309 e. The lowest BCUT2D eigenvalue weighted by Gasteiger charge is -2.18. The Kier molecular flexibility index (Phi) is 7.23. The van der Waals surface area contributed by atoms with Crippen LogP contribution in [0.25, 0.3) is 93.5 Å². The molecule has 10 rings (SSSR count). The Morgan fingerprint density at radius 3 is 1.30 bits per heavy atom. The SMILES string of the molecule is N#Cc1cc(-c2ccc(-c3c4ccccc4c(-c4ccccc4)c4ccccc34)cc2)cc(-c2cccc(-n3c4ccccc4c4ccccc43)c2)c1. The van der Waals surface area contributed by atoms with Crippen LogP contribution in [0.1, 0.15) is 5.56 Å². The minimum atomic E-state index is 0.636. The highest BCUT2D eigenvalue weighted by atomic mass is 15.0. The maximum atomic E-state index is 10.2. The van der Waals surface area contributed by atoms with Gasteiger partial charge in [0.2, 0.25) is 0 Å². The highest BCUT2D eigenvalue weighted by molar-refractivity contribution is 6.21. The Morgan fingerprint density at radius 1 is 0.321 bits per heavy atom. The summed E-state index contributed by atoms with van der Waals surface area (Å²) in [7, 11) is 0. The summed E-state index contributed by atoms with van der Waals surface area (Å²) in [5.41, 5.74) is 13.1. The molecular formula is C51H32N2. The smallest absolute Gasteiger partial charge is 0.0992 e. The second-order valence-corrected chi connectivity index (χ2v) is 13.6. The van der Waals surface area contributed by atoms with E-state index in [4.69, 9.17) is 0 Å². The summed E-state index contributed by atoms with van der Waals surface area (Å²) in [6.45, 7) is 0. The summed E-state index contributed by atoms with van der Waals surface area (Å²) in [6.07, 6.45) is 0. The van der Waals surface area contributed by atoms with Crippen molar-refractivity contribution in [3.63, 3.8) is 0 Å². The molecule has 0 atom stereocenters. The first kappa shape index (κ1) is 30.6. The molecule has 0 saturated carbocycles. The topological polar surface area (TPSA) is 28.7 Å². The Hall–Kier alpha value is -7.21. The molecule has 0 bridgehead atoms. The molecule has 2 heteroatoms. The van der Waals surface area contributed by atoms with Crippen LogP contribution in [-0.2, 0) is 0 Å². The van der Waals surface area contributed by atoms with Crippen LogP contribution in [0, 0.1) is 11.3 Å². The third-order valence-electron chi connectivity index (χ3n) is 10.6. The molecule has 9 aromatic carbocycles. The number of hydrogen-bond acceptors (Lipinski definition) is 1. The van der Waals surface area contributed by atoms with E-state index in [1.54, 1.807) is 0 Å². The number of fused-ring (bicyclic) bond motifs is 5. The van der Waals surface area contributed by atoms with Gasteiger partial charge in [-0.3, -0.25) is 0 Å². The second-order valence-electron chi connectivity index (χ2n) is 13.6. The molecule has 0 spiro atoms. The summed E-state index contributed by atoms with van der Waals surface area (Å²) >= 11 is 0. The van der Waals surface area contributed by atoms with Crippen molar-refractivity contribution in [3.8, 4) is 56.3 Å². The first-order valence-corrected chi connectivity index (χ1v) is 18.0. The van der Waals surface area contributed by atoms with E-state index in [0.29, 0.717) is 5.56 Å². The molecule has 1 aromatic heterocycles. The lowest BCUT2D eigenvalue weighted by molar-refractivity contribution is 1.18. The van der Waals surface area contributed by atoms with Crippen molar-refractivity contribution >= 4 is 43.4 Å². The number of benzene rings is 9. The van der Waals surface area contributed by atoms with Crippen LogP contribution in [0.2, 0.25) is 0 Å². The van der Waals surface area contributed by atoms with Crippen molar-refractivity contribution in [2.75, 3.05) is 0 Å². The molecule has 246 valence electrons. The van der Waals surface area contributed by atoms with Crippen LogP contribution in [0.5, 0.6) is 0 Å². The van der Waals surface area contributed by atoms with Gasteiger partial charge in [0.05, 0.1) is 22.7 Å². The minimum absolute atomic E-state index is 0.636. The Balaban J connectivity index is 1.08. The van der Waals surface area contributed by atoms with Gasteiger partial charge >= 0.3 is 0 Å². The highest BCUT2D eigenvalue weighted by Crippen LogP contribution is 2.44. The molecule has 0 N–H and O–H groups in total. The van der Waals surface area contributed by atoms with Crippen molar-refractivity contribution in [2.45, 2.75) is 0 Å². The third kappa shape index (κ3) is 5.10. The Morgan fingerprint density at radius 2 is 0.755 bits per heavy atom. The summed E-state index contributed by atoms with van der Waals surface area (Å²) in [5, 5.41) is 17.6. The fraction of sp³-hybridized carbons (Fsp3) is 0. The average molecular weight is 673 g/mol. The maximum Gasteiger partial charge on any atom is 0.0992 e. The molecule has 0 radical (unpaired) electrons. The van der Waals surface area contributed by atoms with Gasteiger partial charge in [-0.1, -0.05) is 152 Å². The molecule has 0 fully saturated rings. The molecule has 10 aromatic rings. The average Bonchev–Trinajstić information content (AvgIpc) is 3.57. The van der Waals surface area contributed by atoms with Gasteiger partial charge in [-0.05, 0) is 109 Å². The molecular weight excluding hydrogens is 641 g/mol. The molecule has 0 aliphatic heterocycles. The summed E-state index contributed by atoms with van der Waals surface area (Å²) in [5.74, 6) is 0. The van der Waals surface area contributed by atoms with Gasteiger partial charge in [0.25, 0.3) is 0 Å². The van der Waals surface area contributed by atoms with E-state index in [1.807, 2.05) is 12.1 Å². The second kappa shape index (κ2) is 12.5. The van der Waals surface area contributed by atoms with Crippen LogP contribution >= 0.6 is 0 Å². The Bertz CT molecular complexity index is 2940. The normalized spacial score (nSPS) is 11.4. The molecule has 0 unspecified atom stereocenters. The zero-order valence-electron chi connectivity index (χ0n) is 28.9. The first-order chi connectivity index (χ1) is 26.2. The lowest BCUT2D eigenvalue weighted by Crippen LogP contribution is -1.94. The van der Waals surface area contributed by atoms with E-state index in [1.165, 1.54) is 60.0 Å². The number of rotatable bonds is 5. The van der Waals surface area contributed by atoms with Crippen molar-refractivity contribution in [3.05, 3.63) is 200 Å². The highest BCUT2D eigenvalue weighted by Gasteiger charge is 2.17. The van der Waals surface area contributed by atoms with E-state index in [-0.39, 0.29) is 0 Å². The van der Waals surface area contributed by atoms with Gasteiger partial charge < -0.3 is 4.57 Å². The molecule has 0 amide bonds. The predicted octanol–water partition coefficient (Wildman–Crippen LogP) is 13.6.